The van der Waals surface area contributed by atoms with Gasteiger partial charge >= 0.3 is 6.18 Å². The Kier molecular flexibility index (Phi) is 7.76. The lowest BCUT2D eigenvalue weighted by atomic mass is 10.1. The number of rotatable bonds is 8. The van der Waals surface area contributed by atoms with Crippen LogP contribution in [0.3, 0.4) is 0 Å². The Bertz CT molecular complexity index is 1120. The van der Waals surface area contributed by atoms with Gasteiger partial charge in [-0.15, -0.1) is 0 Å². The van der Waals surface area contributed by atoms with Crippen LogP contribution in [-0.2, 0) is 11.0 Å². The van der Waals surface area contributed by atoms with Gasteiger partial charge in [-0.25, -0.2) is 0 Å². The first-order valence-corrected chi connectivity index (χ1v) is 11.9. The zero-order chi connectivity index (χ0) is 26.8. The average molecular weight is 505 g/mol. The summed E-state index contributed by atoms with van der Waals surface area (Å²) in [6.45, 7) is 9.88. The molecule has 36 heavy (non-hydrogen) atoms. The number of benzene rings is 1. The molecule has 1 heterocycles. The molecule has 1 N–H and O–H groups in total. The number of carbonyl (C=O) groups is 3. The number of amides is 3. The maximum Gasteiger partial charge on any atom is 0.417 e. The van der Waals surface area contributed by atoms with Crippen LogP contribution in [0.2, 0.25) is 0 Å². The van der Waals surface area contributed by atoms with E-state index in [-0.39, 0.29) is 29.5 Å². The molecular weight excluding hydrogens is 473 g/mol. The molecule has 1 aliphatic rings. The van der Waals surface area contributed by atoms with Gasteiger partial charge in [-0.3, -0.25) is 19.4 Å². The first-order valence-electron chi connectivity index (χ1n) is 11.9. The molecule has 1 saturated carbocycles. The number of aromatic nitrogens is 1. The highest BCUT2D eigenvalue weighted by Gasteiger charge is 2.53. The summed E-state index contributed by atoms with van der Waals surface area (Å²) in [5.41, 5.74) is -1.45. The third-order valence-corrected chi connectivity index (χ3v) is 6.17. The summed E-state index contributed by atoms with van der Waals surface area (Å²) in [6.07, 6.45) is -2.21. The van der Waals surface area contributed by atoms with Crippen LogP contribution in [0.5, 0.6) is 0 Å². The lowest BCUT2D eigenvalue weighted by Crippen LogP contribution is -2.51. The molecule has 10 heteroatoms. The Hall–Kier alpha value is -3.43. The normalized spacial score (nSPS) is 14.5. The molecule has 0 atom stereocenters. The molecule has 194 valence electrons. The van der Waals surface area contributed by atoms with E-state index in [2.05, 4.69) is 10.3 Å². The SMILES string of the molecule is CCN(C(=O)C1(NC(=O)c2cncc(C(F)(F)F)c2)CC1)c1ccc(C(=O)N(C(C)C)C(C)C)cc1. The summed E-state index contributed by atoms with van der Waals surface area (Å²) in [6, 6.07) is 7.46. The van der Waals surface area contributed by atoms with Gasteiger partial charge < -0.3 is 15.1 Å². The molecule has 1 aliphatic carbocycles. The van der Waals surface area contributed by atoms with E-state index >= 15 is 0 Å². The lowest BCUT2D eigenvalue weighted by Gasteiger charge is -2.31. The quantitative estimate of drug-likeness (QED) is 0.566. The summed E-state index contributed by atoms with van der Waals surface area (Å²) >= 11 is 0. The van der Waals surface area contributed by atoms with Crippen LogP contribution >= 0.6 is 0 Å². The fourth-order valence-corrected chi connectivity index (χ4v) is 4.23. The lowest BCUT2D eigenvalue weighted by molar-refractivity contribution is -0.137. The molecule has 3 rings (SSSR count). The molecule has 1 fully saturated rings. The molecule has 1 aromatic heterocycles. The first-order chi connectivity index (χ1) is 16.8. The molecular formula is C26H31F3N4O3. The van der Waals surface area contributed by atoms with Crippen molar-refractivity contribution in [1.29, 1.82) is 0 Å². The summed E-state index contributed by atoms with van der Waals surface area (Å²) in [4.78, 5) is 45.8. The summed E-state index contributed by atoms with van der Waals surface area (Å²) in [7, 11) is 0. The second-order valence-electron chi connectivity index (χ2n) is 9.49. The zero-order valence-corrected chi connectivity index (χ0v) is 21.0. The Morgan fingerprint density at radius 1 is 1.00 bits per heavy atom. The Balaban J connectivity index is 1.77. The van der Waals surface area contributed by atoms with Crippen LogP contribution in [0.15, 0.2) is 42.7 Å². The van der Waals surface area contributed by atoms with Crippen molar-refractivity contribution in [3.63, 3.8) is 0 Å². The Labute approximate surface area is 208 Å². The van der Waals surface area contributed by atoms with Crippen LogP contribution < -0.4 is 10.2 Å². The van der Waals surface area contributed by atoms with Gasteiger partial charge in [-0.1, -0.05) is 0 Å². The van der Waals surface area contributed by atoms with Crippen molar-refractivity contribution in [3.8, 4) is 0 Å². The van der Waals surface area contributed by atoms with Crippen molar-refractivity contribution >= 4 is 23.4 Å². The second-order valence-corrected chi connectivity index (χ2v) is 9.49. The van der Waals surface area contributed by atoms with E-state index < -0.39 is 23.2 Å². The molecule has 0 unspecified atom stereocenters. The topological polar surface area (TPSA) is 82.6 Å². The number of halogens is 3. The maximum atomic E-state index is 13.4. The average Bonchev–Trinajstić information content (AvgIpc) is 3.59. The highest BCUT2D eigenvalue weighted by molar-refractivity contribution is 6.07. The van der Waals surface area contributed by atoms with Crippen LogP contribution in [0.1, 0.15) is 73.7 Å². The van der Waals surface area contributed by atoms with Crippen molar-refractivity contribution in [3.05, 3.63) is 59.4 Å². The minimum Gasteiger partial charge on any atom is -0.338 e. The number of carbonyl (C=O) groups excluding carboxylic acids is 3. The number of hydrogen-bond donors (Lipinski definition) is 1. The van der Waals surface area contributed by atoms with Gasteiger partial charge in [0.25, 0.3) is 17.7 Å². The number of nitrogens with one attached hydrogen (secondary N) is 1. The first kappa shape index (κ1) is 27.2. The highest BCUT2D eigenvalue weighted by atomic mass is 19.4. The van der Waals surface area contributed by atoms with Gasteiger partial charge in [0.1, 0.15) is 5.54 Å². The Morgan fingerprint density at radius 3 is 2.06 bits per heavy atom. The third kappa shape index (κ3) is 5.68. The van der Waals surface area contributed by atoms with E-state index in [4.69, 9.17) is 0 Å². The van der Waals surface area contributed by atoms with Crippen LogP contribution in [0.25, 0.3) is 0 Å². The van der Waals surface area contributed by atoms with E-state index in [1.54, 1.807) is 36.1 Å². The van der Waals surface area contributed by atoms with E-state index in [0.29, 0.717) is 42.9 Å². The number of likely N-dealkylation sites (N-methyl/N-ethyl adjacent to an activating group) is 1. The van der Waals surface area contributed by atoms with Crippen molar-refractivity contribution in [2.45, 2.75) is 71.3 Å². The predicted molar refractivity (Wildman–Crippen MR) is 130 cm³/mol. The molecule has 0 spiro atoms. The second kappa shape index (κ2) is 10.3. The number of alkyl halides is 3. The summed E-state index contributed by atoms with van der Waals surface area (Å²) in [5.74, 6) is -1.26. The van der Waals surface area contributed by atoms with Gasteiger partial charge in [0.2, 0.25) is 0 Å². The molecule has 7 nitrogen and oxygen atoms in total. The van der Waals surface area contributed by atoms with Crippen molar-refractivity contribution in [2.75, 3.05) is 11.4 Å². The largest absolute Gasteiger partial charge is 0.417 e. The van der Waals surface area contributed by atoms with Crippen LogP contribution in [0.4, 0.5) is 18.9 Å². The standard InChI is InChI=1S/C26H31F3N4O3/c1-6-32(21-9-7-18(8-10-21)23(35)33(16(2)3)17(4)5)24(36)25(11-12-25)31-22(34)19-13-20(15-30-14-19)26(27,28)29/h7-10,13-17H,6,11-12H2,1-5H3,(H,31,34). The van der Waals surface area contributed by atoms with E-state index in [1.807, 2.05) is 27.7 Å². The number of hydrogen-bond acceptors (Lipinski definition) is 4. The summed E-state index contributed by atoms with van der Waals surface area (Å²) in [5, 5.41) is 2.62. The molecule has 2 aromatic rings. The van der Waals surface area contributed by atoms with Gasteiger partial charge in [0, 0.05) is 42.3 Å². The maximum absolute atomic E-state index is 13.4. The minimum atomic E-state index is -4.63. The summed E-state index contributed by atoms with van der Waals surface area (Å²) < 4.78 is 39.0. The zero-order valence-electron chi connectivity index (χ0n) is 21.0. The Morgan fingerprint density at radius 2 is 1.58 bits per heavy atom. The molecule has 0 saturated heterocycles. The van der Waals surface area contributed by atoms with E-state index in [0.717, 1.165) is 6.20 Å². The number of pyridine rings is 1. The predicted octanol–water partition coefficient (Wildman–Crippen LogP) is 4.67. The number of anilines is 1. The molecule has 3 amide bonds. The van der Waals surface area contributed by atoms with Gasteiger partial charge in [0.05, 0.1) is 11.1 Å². The van der Waals surface area contributed by atoms with Gasteiger partial charge in [-0.05, 0) is 77.8 Å². The van der Waals surface area contributed by atoms with Crippen molar-refractivity contribution in [2.24, 2.45) is 0 Å². The van der Waals surface area contributed by atoms with Crippen molar-refractivity contribution in [1.82, 2.24) is 15.2 Å². The fraction of sp³-hybridized carbons (Fsp3) is 0.462. The third-order valence-electron chi connectivity index (χ3n) is 6.17. The van der Waals surface area contributed by atoms with Crippen molar-refractivity contribution < 1.29 is 27.6 Å². The van der Waals surface area contributed by atoms with Gasteiger partial charge in [0.15, 0.2) is 0 Å². The van der Waals surface area contributed by atoms with E-state index in [9.17, 15) is 27.6 Å². The molecule has 0 radical (unpaired) electrons. The molecule has 1 aromatic carbocycles. The minimum absolute atomic E-state index is 0.0243. The smallest absolute Gasteiger partial charge is 0.338 e. The fourth-order valence-electron chi connectivity index (χ4n) is 4.23. The monoisotopic (exact) mass is 504 g/mol. The van der Waals surface area contributed by atoms with Crippen LogP contribution in [0, 0.1) is 0 Å². The number of nitrogens with zero attached hydrogens (tertiary/aromatic N) is 3. The molecule has 0 aliphatic heterocycles. The molecule has 0 bridgehead atoms. The van der Waals surface area contributed by atoms with Gasteiger partial charge in [-0.2, -0.15) is 13.2 Å². The van der Waals surface area contributed by atoms with Crippen LogP contribution in [-0.4, -0.2) is 51.8 Å². The van der Waals surface area contributed by atoms with E-state index in [1.165, 1.54) is 4.90 Å². The highest BCUT2D eigenvalue weighted by Crippen LogP contribution is 2.39.